The van der Waals surface area contributed by atoms with Crippen molar-refractivity contribution in [1.82, 2.24) is 10.2 Å². The molecule has 0 radical (unpaired) electrons. The van der Waals surface area contributed by atoms with Crippen molar-refractivity contribution in [3.05, 3.63) is 65.2 Å². The summed E-state index contributed by atoms with van der Waals surface area (Å²) in [5, 5.41) is 2.88. The summed E-state index contributed by atoms with van der Waals surface area (Å²) in [6, 6.07) is 14.1. The minimum atomic E-state index is -3.76. The average molecular weight is 516 g/mol. The van der Waals surface area contributed by atoms with Crippen molar-refractivity contribution in [2.24, 2.45) is 5.92 Å². The molecule has 7 nitrogen and oxygen atoms in total. The third-order valence-electron chi connectivity index (χ3n) is 6.03. The summed E-state index contributed by atoms with van der Waals surface area (Å²) in [5.41, 5.74) is 3.32. The normalized spacial score (nSPS) is 12.8. The van der Waals surface area contributed by atoms with Gasteiger partial charge >= 0.3 is 0 Å². The molecule has 0 heterocycles. The summed E-state index contributed by atoms with van der Waals surface area (Å²) in [6.45, 7) is 14.2. The van der Waals surface area contributed by atoms with Crippen LogP contribution in [-0.2, 0) is 31.6 Å². The fourth-order valence-electron chi connectivity index (χ4n) is 3.67. The second-order valence-electron chi connectivity index (χ2n) is 10.9. The fourth-order valence-corrected chi connectivity index (χ4v) is 4.52. The number of benzene rings is 2. The molecule has 2 aromatic rings. The molecule has 1 N–H and O–H groups in total. The van der Waals surface area contributed by atoms with Crippen LogP contribution in [0.15, 0.2) is 48.5 Å². The molecule has 36 heavy (non-hydrogen) atoms. The van der Waals surface area contributed by atoms with Crippen LogP contribution in [0, 0.1) is 12.8 Å². The van der Waals surface area contributed by atoms with Gasteiger partial charge in [-0.15, -0.1) is 0 Å². The van der Waals surface area contributed by atoms with Crippen LogP contribution in [0.3, 0.4) is 0 Å². The van der Waals surface area contributed by atoms with E-state index in [9.17, 15) is 18.0 Å². The Bertz CT molecular complexity index is 1130. The van der Waals surface area contributed by atoms with Gasteiger partial charge in [0.15, 0.2) is 0 Å². The summed E-state index contributed by atoms with van der Waals surface area (Å²) in [5.74, 6) is -0.461. The van der Waals surface area contributed by atoms with Gasteiger partial charge in [-0.2, -0.15) is 0 Å². The maximum absolute atomic E-state index is 13.6. The highest BCUT2D eigenvalue weighted by molar-refractivity contribution is 7.92. The maximum atomic E-state index is 13.6. The molecular weight excluding hydrogens is 474 g/mol. The number of carbonyl (C=O) groups excluding carboxylic acids is 2. The van der Waals surface area contributed by atoms with Gasteiger partial charge in [0.25, 0.3) is 0 Å². The van der Waals surface area contributed by atoms with Gasteiger partial charge in [0.1, 0.15) is 12.6 Å². The molecule has 0 aliphatic rings. The number of aryl methyl sites for hydroxylation is 1. The molecule has 0 spiro atoms. The van der Waals surface area contributed by atoms with E-state index in [-0.39, 0.29) is 23.8 Å². The molecule has 0 saturated carbocycles. The van der Waals surface area contributed by atoms with Gasteiger partial charge in [0.2, 0.25) is 21.8 Å². The van der Waals surface area contributed by atoms with Gasteiger partial charge in [-0.05, 0) is 48.4 Å². The number of rotatable bonds is 10. The van der Waals surface area contributed by atoms with Crippen LogP contribution in [-0.4, -0.2) is 50.5 Å². The van der Waals surface area contributed by atoms with Gasteiger partial charge in [-0.1, -0.05) is 76.6 Å². The first-order valence-corrected chi connectivity index (χ1v) is 14.2. The molecule has 0 fully saturated rings. The number of hydrogen-bond acceptors (Lipinski definition) is 4. The Labute approximate surface area is 216 Å². The molecule has 198 valence electrons. The molecule has 0 bridgehead atoms. The number of nitrogens with zero attached hydrogens (tertiary/aromatic N) is 2. The van der Waals surface area contributed by atoms with Crippen LogP contribution in [0.2, 0.25) is 0 Å². The molecule has 8 heteroatoms. The van der Waals surface area contributed by atoms with Crippen molar-refractivity contribution in [1.29, 1.82) is 0 Å². The Morgan fingerprint density at radius 2 is 1.50 bits per heavy atom. The van der Waals surface area contributed by atoms with Crippen molar-refractivity contribution in [2.45, 2.75) is 66.5 Å². The predicted octanol–water partition coefficient (Wildman–Crippen LogP) is 4.25. The van der Waals surface area contributed by atoms with Crippen molar-refractivity contribution >= 4 is 27.5 Å². The highest BCUT2D eigenvalue weighted by atomic mass is 32.2. The van der Waals surface area contributed by atoms with E-state index in [2.05, 4.69) is 26.1 Å². The molecule has 2 rings (SSSR count). The first kappa shape index (κ1) is 29.4. The van der Waals surface area contributed by atoms with Crippen molar-refractivity contribution in [2.75, 3.05) is 23.7 Å². The minimum Gasteiger partial charge on any atom is -0.354 e. The van der Waals surface area contributed by atoms with Gasteiger partial charge in [0, 0.05) is 13.1 Å². The van der Waals surface area contributed by atoms with E-state index in [0.29, 0.717) is 12.2 Å². The Morgan fingerprint density at radius 1 is 0.944 bits per heavy atom. The summed E-state index contributed by atoms with van der Waals surface area (Å²) >= 11 is 0. The van der Waals surface area contributed by atoms with E-state index < -0.39 is 28.5 Å². The zero-order chi connectivity index (χ0) is 27.3. The van der Waals surface area contributed by atoms with E-state index in [1.165, 1.54) is 4.90 Å². The van der Waals surface area contributed by atoms with Crippen molar-refractivity contribution < 1.29 is 18.0 Å². The molecule has 0 aromatic heterocycles. The number of anilines is 1. The number of hydrogen-bond donors (Lipinski definition) is 1. The molecule has 0 aliphatic heterocycles. The largest absolute Gasteiger partial charge is 0.354 e. The smallest absolute Gasteiger partial charge is 0.244 e. The van der Waals surface area contributed by atoms with Crippen molar-refractivity contribution in [3.8, 4) is 0 Å². The lowest BCUT2D eigenvalue weighted by Crippen LogP contribution is -2.51. The van der Waals surface area contributed by atoms with Crippen LogP contribution in [0.1, 0.15) is 58.2 Å². The first-order chi connectivity index (χ1) is 16.6. The summed E-state index contributed by atoms with van der Waals surface area (Å²) in [4.78, 5) is 27.9. The number of amides is 2. The standard InChI is InChI=1S/C28H41N3O4S/c1-20(2)17-29-27(33)22(4)30(18-23-11-9-21(3)10-12-23)26(32)19-31(36(8,34)35)25-15-13-24(14-16-25)28(5,6)7/h9-16,20,22H,17-19H2,1-8H3,(H,29,33)/t22-/m0/s1. The van der Waals surface area contributed by atoms with Gasteiger partial charge in [-0.25, -0.2) is 8.42 Å². The molecule has 0 saturated heterocycles. The van der Waals surface area contributed by atoms with E-state index in [1.54, 1.807) is 19.1 Å². The highest BCUT2D eigenvalue weighted by Gasteiger charge is 2.30. The van der Waals surface area contributed by atoms with E-state index >= 15 is 0 Å². The topological polar surface area (TPSA) is 86.8 Å². The lowest BCUT2D eigenvalue weighted by atomic mass is 9.87. The van der Waals surface area contributed by atoms with Crippen molar-refractivity contribution in [3.63, 3.8) is 0 Å². The Hall–Kier alpha value is -2.87. The van der Waals surface area contributed by atoms with E-state index in [0.717, 1.165) is 27.3 Å². The van der Waals surface area contributed by atoms with Crippen LogP contribution >= 0.6 is 0 Å². The lowest BCUT2D eigenvalue weighted by molar-refractivity contribution is -0.139. The third-order valence-corrected chi connectivity index (χ3v) is 7.17. The summed E-state index contributed by atoms with van der Waals surface area (Å²) < 4.78 is 26.5. The number of nitrogens with one attached hydrogen (secondary N) is 1. The first-order valence-electron chi connectivity index (χ1n) is 12.3. The summed E-state index contributed by atoms with van der Waals surface area (Å²) in [7, 11) is -3.76. The Balaban J connectivity index is 2.37. The van der Waals surface area contributed by atoms with E-state index in [4.69, 9.17) is 0 Å². The van der Waals surface area contributed by atoms with Crippen LogP contribution in [0.25, 0.3) is 0 Å². The number of sulfonamides is 1. The maximum Gasteiger partial charge on any atom is 0.244 e. The number of carbonyl (C=O) groups is 2. The predicted molar refractivity (Wildman–Crippen MR) is 146 cm³/mol. The average Bonchev–Trinajstić information content (AvgIpc) is 2.78. The second-order valence-corrected chi connectivity index (χ2v) is 12.8. The summed E-state index contributed by atoms with van der Waals surface area (Å²) in [6.07, 6.45) is 1.08. The SMILES string of the molecule is Cc1ccc(CN(C(=O)CN(c2ccc(C(C)(C)C)cc2)S(C)(=O)=O)[C@@H](C)C(=O)NCC(C)C)cc1. The molecule has 2 aromatic carbocycles. The second kappa shape index (κ2) is 11.9. The molecule has 0 unspecified atom stereocenters. The van der Waals surface area contributed by atoms with Crippen LogP contribution in [0.5, 0.6) is 0 Å². The zero-order valence-corrected chi connectivity index (χ0v) is 23.6. The zero-order valence-electron chi connectivity index (χ0n) is 22.8. The minimum absolute atomic E-state index is 0.0894. The fraction of sp³-hybridized carbons (Fsp3) is 0.500. The van der Waals surface area contributed by atoms with Gasteiger partial charge in [0.05, 0.1) is 11.9 Å². The quantitative estimate of drug-likeness (QED) is 0.513. The molecule has 0 aliphatic carbocycles. The van der Waals surface area contributed by atoms with E-state index in [1.807, 2.05) is 57.2 Å². The Morgan fingerprint density at radius 3 is 1.97 bits per heavy atom. The van der Waals surface area contributed by atoms with Gasteiger partial charge in [-0.3, -0.25) is 13.9 Å². The van der Waals surface area contributed by atoms with Gasteiger partial charge < -0.3 is 10.2 Å². The third kappa shape index (κ3) is 8.36. The molecule has 2 amide bonds. The molecular formula is C28H41N3O4S. The lowest BCUT2D eigenvalue weighted by Gasteiger charge is -2.32. The highest BCUT2D eigenvalue weighted by Crippen LogP contribution is 2.26. The molecule has 1 atom stereocenters. The van der Waals surface area contributed by atoms with Crippen LogP contribution in [0.4, 0.5) is 5.69 Å². The monoisotopic (exact) mass is 515 g/mol. The van der Waals surface area contributed by atoms with Crippen LogP contribution < -0.4 is 9.62 Å². The Kier molecular flexibility index (Phi) is 9.71.